The van der Waals surface area contributed by atoms with Gasteiger partial charge in [0.2, 0.25) is 0 Å². The van der Waals surface area contributed by atoms with E-state index in [9.17, 15) is 17.2 Å². The van der Waals surface area contributed by atoms with E-state index in [1.165, 1.54) is 0 Å². The molecule has 3 rings (SSSR count). The molecule has 0 bridgehead atoms. The molecule has 1 heterocycles. The van der Waals surface area contributed by atoms with Crippen LogP contribution in [0.4, 0.5) is 14.5 Å². The average molecular weight is 459 g/mol. The van der Waals surface area contributed by atoms with Crippen LogP contribution in [-0.2, 0) is 10.0 Å². The zero-order valence-electron chi connectivity index (χ0n) is 14.9. The first-order valence-electron chi connectivity index (χ1n) is 8.80. The SMILES string of the molecule is CCCN1CC[C@@H](c2ccc(NS(=O)(=O)c3cc(Br)c(F)cc3F)cc2)C1. The van der Waals surface area contributed by atoms with Gasteiger partial charge in [0.05, 0.1) is 4.47 Å². The number of hydrogen-bond donors (Lipinski definition) is 1. The molecule has 2 aromatic rings. The Morgan fingerprint density at radius 2 is 1.89 bits per heavy atom. The Hall–Kier alpha value is -1.51. The summed E-state index contributed by atoms with van der Waals surface area (Å²) in [5, 5.41) is 0. The number of halogens is 3. The van der Waals surface area contributed by atoms with Gasteiger partial charge in [-0.2, -0.15) is 0 Å². The van der Waals surface area contributed by atoms with Crippen molar-refractivity contribution in [1.29, 1.82) is 0 Å². The fourth-order valence-corrected chi connectivity index (χ4v) is 5.01. The highest BCUT2D eigenvalue weighted by atomic mass is 79.9. The third-order valence-electron chi connectivity index (χ3n) is 4.71. The molecular formula is C19H21BrF2N2O2S. The van der Waals surface area contributed by atoms with Crippen LogP contribution in [0.1, 0.15) is 31.2 Å². The largest absolute Gasteiger partial charge is 0.303 e. The Kier molecular flexibility index (Phi) is 6.18. The second kappa shape index (κ2) is 8.24. The van der Waals surface area contributed by atoms with E-state index in [1.54, 1.807) is 12.1 Å². The molecule has 4 nitrogen and oxygen atoms in total. The topological polar surface area (TPSA) is 49.4 Å². The fourth-order valence-electron chi connectivity index (χ4n) is 3.37. The van der Waals surface area contributed by atoms with Crippen LogP contribution in [0.3, 0.4) is 0 Å². The minimum absolute atomic E-state index is 0.113. The number of nitrogens with zero attached hydrogens (tertiary/aromatic N) is 1. The van der Waals surface area contributed by atoms with E-state index in [4.69, 9.17) is 0 Å². The Bertz CT molecular complexity index is 920. The zero-order chi connectivity index (χ0) is 19.6. The number of anilines is 1. The van der Waals surface area contributed by atoms with Crippen LogP contribution in [-0.4, -0.2) is 33.0 Å². The Balaban J connectivity index is 1.74. The Morgan fingerprint density at radius 1 is 1.19 bits per heavy atom. The van der Waals surface area contributed by atoms with Crippen molar-refractivity contribution >= 4 is 31.6 Å². The predicted octanol–water partition coefficient (Wildman–Crippen LogP) is 4.73. The standard InChI is InChI=1S/C19H21BrF2N2O2S/c1-2-8-24-9-7-14(12-24)13-3-5-15(6-4-13)23-27(25,26)19-10-16(20)17(21)11-18(19)22/h3-6,10-11,14,23H,2,7-9,12H2,1H3/t14-/m1/s1. The molecular weight excluding hydrogens is 438 g/mol. The number of nitrogens with one attached hydrogen (secondary N) is 1. The van der Waals surface area contributed by atoms with E-state index in [0.717, 1.165) is 44.1 Å². The molecule has 8 heteroatoms. The lowest BCUT2D eigenvalue weighted by atomic mass is 9.98. The van der Waals surface area contributed by atoms with Crippen molar-refractivity contribution in [2.45, 2.75) is 30.6 Å². The van der Waals surface area contributed by atoms with E-state index in [2.05, 4.69) is 32.5 Å². The summed E-state index contributed by atoms with van der Waals surface area (Å²) in [4.78, 5) is 1.82. The molecule has 1 N–H and O–H groups in total. The monoisotopic (exact) mass is 458 g/mol. The van der Waals surface area contributed by atoms with Gasteiger partial charge in [-0.05, 0) is 71.5 Å². The Labute approximate surface area is 166 Å². The smallest absolute Gasteiger partial charge is 0.264 e. The Morgan fingerprint density at radius 3 is 2.56 bits per heavy atom. The van der Waals surface area contributed by atoms with Gasteiger partial charge >= 0.3 is 0 Å². The zero-order valence-corrected chi connectivity index (χ0v) is 17.3. The lowest BCUT2D eigenvalue weighted by Crippen LogP contribution is -2.20. The summed E-state index contributed by atoms with van der Waals surface area (Å²) in [7, 11) is -4.16. The summed E-state index contributed by atoms with van der Waals surface area (Å²) in [6.07, 6.45) is 2.21. The predicted molar refractivity (Wildman–Crippen MR) is 105 cm³/mol. The van der Waals surface area contributed by atoms with Gasteiger partial charge in [0.1, 0.15) is 16.5 Å². The van der Waals surface area contributed by atoms with Crippen molar-refractivity contribution in [2.24, 2.45) is 0 Å². The minimum atomic E-state index is -4.16. The summed E-state index contributed by atoms with van der Waals surface area (Å²) in [6, 6.07) is 8.60. The molecule has 0 spiro atoms. The highest BCUT2D eigenvalue weighted by Gasteiger charge is 2.24. The molecule has 27 heavy (non-hydrogen) atoms. The molecule has 1 aliphatic rings. The third kappa shape index (κ3) is 4.67. The molecule has 0 saturated carbocycles. The quantitative estimate of drug-likeness (QED) is 0.636. The van der Waals surface area contributed by atoms with Gasteiger partial charge in [-0.15, -0.1) is 0 Å². The van der Waals surface area contributed by atoms with Gasteiger partial charge in [-0.3, -0.25) is 4.72 Å². The number of benzene rings is 2. The molecule has 0 amide bonds. The van der Waals surface area contributed by atoms with E-state index in [1.807, 2.05) is 12.1 Å². The maximum Gasteiger partial charge on any atom is 0.264 e. The number of likely N-dealkylation sites (tertiary alicyclic amines) is 1. The van der Waals surface area contributed by atoms with Gasteiger partial charge in [-0.1, -0.05) is 19.1 Å². The maximum atomic E-state index is 13.9. The highest BCUT2D eigenvalue weighted by molar-refractivity contribution is 9.10. The number of rotatable bonds is 6. The van der Waals surface area contributed by atoms with Crippen molar-refractivity contribution in [3.63, 3.8) is 0 Å². The van der Waals surface area contributed by atoms with Crippen molar-refractivity contribution in [1.82, 2.24) is 4.90 Å². The summed E-state index contributed by atoms with van der Waals surface area (Å²) < 4.78 is 54.4. The van der Waals surface area contributed by atoms with Crippen LogP contribution in [0, 0.1) is 11.6 Å². The first-order valence-corrected chi connectivity index (χ1v) is 11.1. The number of sulfonamides is 1. The van der Waals surface area contributed by atoms with E-state index < -0.39 is 26.6 Å². The third-order valence-corrected chi connectivity index (χ3v) is 6.71. The molecule has 1 aliphatic heterocycles. The van der Waals surface area contributed by atoms with Crippen LogP contribution in [0.5, 0.6) is 0 Å². The highest BCUT2D eigenvalue weighted by Crippen LogP contribution is 2.29. The molecule has 0 aromatic heterocycles. The summed E-state index contributed by atoms with van der Waals surface area (Å²) in [5.74, 6) is -1.56. The normalized spacial score (nSPS) is 18.0. The second-order valence-electron chi connectivity index (χ2n) is 6.71. The molecule has 1 fully saturated rings. The van der Waals surface area contributed by atoms with Crippen molar-refractivity contribution in [2.75, 3.05) is 24.4 Å². The van der Waals surface area contributed by atoms with Crippen molar-refractivity contribution < 1.29 is 17.2 Å². The first kappa shape index (κ1) is 20.2. The van der Waals surface area contributed by atoms with Gasteiger partial charge in [0.25, 0.3) is 10.0 Å². The van der Waals surface area contributed by atoms with Gasteiger partial charge in [-0.25, -0.2) is 17.2 Å². The van der Waals surface area contributed by atoms with Crippen LogP contribution in [0.25, 0.3) is 0 Å². The summed E-state index contributed by atoms with van der Waals surface area (Å²) in [6.45, 7) is 5.34. The van der Waals surface area contributed by atoms with Gasteiger partial charge in [0, 0.05) is 18.3 Å². The van der Waals surface area contributed by atoms with Gasteiger partial charge < -0.3 is 4.90 Å². The molecule has 1 atom stereocenters. The van der Waals surface area contributed by atoms with E-state index in [0.29, 0.717) is 17.7 Å². The molecule has 0 radical (unpaired) electrons. The maximum absolute atomic E-state index is 13.9. The molecule has 2 aromatic carbocycles. The molecule has 1 saturated heterocycles. The molecule has 146 valence electrons. The molecule has 0 aliphatic carbocycles. The minimum Gasteiger partial charge on any atom is -0.303 e. The number of hydrogen-bond acceptors (Lipinski definition) is 3. The fraction of sp³-hybridized carbons (Fsp3) is 0.368. The van der Waals surface area contributed by atoms with E-state index >= 15 is 0 Å². The second-order valence-corrected chi connectivity index (χ2v) is 9.22. The summed E-state index contributed by atoms with van der Waals surface area (Å²) in [5.41, 5.74) is 1.49. The molecule has 0 unspecified atom stereocenters. The van der Waals surface area contributed by atoms with Crippen LogP contribution in [0.15, 0.2) is 45.8 Å². The van der Waals surface area contributed by atoms with Crippen LogP contribution >= 0.6 is 15.9 Å². The van der Waals surface area contributed by atoms with Crippen LogP contribution in [0.2, 0.25) is 0 Å². The van der Waals surface area contributed by atoms with E-state index in [-0.39, 0.29) is 4.47 Å². The first-order chi connectivity index (χ1) is 12.8. The van der Waals surface area contributed by atoms with Crippen LogP contribution < -0.4 is 4.72 Å². The summed E-state index contributed by atoms with van der Waals surface area (Å²) >= 11 is 2.88. The average Bonchev–Trinajstić information content (AvgIpc) is 3.07. The lowest BCUT2D eigenvalue weighted by Gasteiger charge is -2.15. The van der Waals surface area contributed by atoms with Crippen molar-refractivity contribution in [3.8, 4) is 0 Å². The lowest BCUT2D eigenvalue weighted by molar-refractivity contribution is 0.335. The van der Waals surface area contributed by atoms with Gasteiger partial charge in [0.15, 0.2) is 0 Å². The van der Waals surface area contributed by atoms with Crippen molar-refractivity contribution in [3.05, 3.63) is 58.1 Å².